The third kappa shape index (κ3) is 19.5. The first-order valence-electron chi connectivity index (χ1n) is 11.7. The van der Waals surface area contributed by atoms with Crippen LogP contribution in [0.15, 0.2) is 12.2 Å². The summed E-state index contributed by atoms with van der Waals surface area (Å²) in [7, 11) is 0. The maximum atomic E-state index is 10.8. The van der Waals surface area contributed by atoms with E-state index in [1.54, 1.807) is 0 Å². The molecule has 0 aromatic rings. The van der Waals surface area contributed by atoms with Gasteiger partial charge in [0.1, 0.15) is 0 Å². The number of hydrogen-bond donors (Lipinski definition) is 1. The Balaban J connectivity index is 3.05. The summed E-state index contributed by atoms with van der Waals surface area (Å²) >= 11 is 0. The third-order valence-electron chi connectivity index (χ3n) is 5.43. The molecule has 2 N–H and O–H groups in total. The summed E-state index contributed by atoms with van der Waals surface area (Å²) in [5.41, 5.74) is 5.76. The Morgan fingerprint density at radius 3 is 1.12 bits per heavy atom. The molecule has 0 aromatic carbocycles. The Morgan fingerprint density at radius 1 is 0.577 bits per heavy atom. The van der Waals surface area contributed by atoms with Crippen molar-refractivity contribution in [1.82, 2.24) is 0 Å². The van der Waals surface area contributed by atoms with Crippen molar-refractivity contribution >= 4 is 5.91 Å². The van der Waals surface area contributed by atoms with E-state index in [1.807, 2.05) is 0 Å². The first kappa shape index (κ1) is 25.2. The summed E-state index contributed by atoms with van der Waals surface area (Å²) < 4.78 is 0. The SMILES string of the molecule is C=C(CCCCCCCCCCCCCCCCCCCCC)C(N)=O. The summed E-state index contributed by atoms with van der Waals surface area (Å²) in [5.74, 6) is -0.340. The van der Waals surface area contributed by atoms with Crippen molar-refractivity contribution < 1.29 is 4.79 Å². The van der Waals surface area contributed by atoms with Gasteiger partial charge >= 0.3 is 0 Å². The molecule has 0 heterocycles. The van der Waals surface area contributed by atoms with Gasteiger partial charge in [-0.2, -0.15) is 0 Å². The lowest BCUT2D eigenvalue weighted by molar-refractivity contribution is -0.114. The highest BCUT2D eigenvalue weighted by molar-refractivity contribution is 5.91. The Morgan fingerprint density at radius 2 is 0.846 bits per heavy atom. The zero-order valence-electron chi connectivity index (χ0n) is 17.8. The molecule has 26 heavy (non-hydrogen) atoms. The molecule has 2 nitrogen and oxygen atoms in total. The van der Waals surface area contributed by atoms with Crippen molar-refractivity contribution in [2.75, 3.05) is 0 Å². The fraction of sp³-hybridized carbons (Fsp3) is 0.875. The van der Waals surface area contributed by atoms with Crippen molar-refractivity contribution in [2.24, 2.45) is 5.73 Å². The molecule has 0 radical (unpaired) electrons. The second-order valence-electron chi connectivity index (χ2n) is 8.08. The van der Waals surface area contributed by atoms with Crippen LogP contribution in [0.1, 0.15) is 135 Å². The Kier molecular flexibility index (Phi) is 19.9. The molecule has 0 saturated heterocycles. The van der Waals surface area contributed by atoms with Crippen molar-refractivity contribution in [2.45, 2.75) is 135 Å². The van der Waals surface area contributed by atoms with Crippen LogP contribution in [-0.4, -0.2) is 5.91 Å². The van der Waals surface area contributed by atoms with Crippen LogP contribution in [-0.2, 0) is 4.79 Å². The van der Waals surface area contributed by atoms with Gasteiger partial charge in [0.05, 0.1) is 0 Å². The van der Waals surface area contributed by atoms with E-state index >= 15 is 0 Å². The topological polar surface area (TPSA) is 43.1 Å². The maximum Gasteiger partial charge on any atom is 0.244 e. The smallest absolute Gasteiger partial charge is 0.244 e. The number of carbonyl (C=O) groups is 1. The minimum absolute atomic E-state index is 0.340. The number of carbonyl (C=O) groups excluding carboxylic acids is 1. The predicted molar refractivity (Wildman–Crippen MR) is 116 cm³/mol. The summed E-state index contributed by atoms with van der Waals surface area (Å²) in [6.45, 7) is 5.98. The molecule has 0 fully saturated rings. The summed E-state index contributed by atoms with van der Waals surface area (Å²) in [6, 6.07) is 0. The summed E-state index contributed by atoms with van der Waals surface area (Å²) in [5, 5.41) is 0. The molecular weight excluding hydrogens is 318 g/mol. The summed E-state index contributed by atoms with van der Waals surface area (Å²) in [6.07, 6.45) is 27.1. The van der Waals surface area contributed by atoms with Gasteiger partial charge in [0.2, 0.25) is 5.91 Å². The molecule has 154 valence electrons. The molecule has 1 amide bonds. The van der Waals surface area contributed by atoms with Crippen LogP contribution in [0.2, 0.25) is 0 Å². The van der Waals surface area contributed by atoms with Crippen molar-refractivity contribution in [3.05, 3.63) is 12.2 Å². The van der Waals surface area contributed by atoms with Gasteiger partial charge in [-0.15, -0.1) is 0 Å². The molecule has 0 aliphatic carbocycles. The van der Waals surface area contributed by atoms with Crippen molar-refractivity contribution in [3.8, 4) is 0 Å². The zero-order chi connectivity index (χ0) is 19.3. The number of nitrogens with two attached hydrogens (primary N) is 1. The normalized spacial score (nSPS) is 11.0. The van der Waals surface area contributed by atoms with Gasteiger partial charge in [-0.25, -0.2) is 0 Å². The molecule has 0 atom stereocenters. The highest BCUT2D eigenvalue weighted by Gasteiger charge is 2.00. The second kappa shape index (κ2) is 20.5. The minimum atomic E-state index is -0.340. The number of unbranched alkanes of at least 4 members (excludes halogenated alkanes) is 18. The van der Waals surface area contributed by atoms with Crippen LogP contribution in [0.5, 0.6) is 0 Å². The van der Waals surface area contributed by atoms with E-state index in [1.165, 1.54) is 116 Å². The molecule has 0 unspecified atom stereocenters. The molecule has 2 heteroatoms. The Hall–Kier alpha value is -0.790. The van der Waals surface area contributed by atoms with E-state index in [2.05, 4.69) is 13.5 Å². The average Bonchev–Trinajstić information content (AvgIpc) is 2.63. The largest absolute Gasteiger partial charge is 0.366 e. The number of amides is 1. The van der Waals surface area contributed by atoms with Crippen LogP contribution in [0.3, 0.4) is 0 Å². The molecule has 0 aliphatic heterocycles. The van der Waals surface area contributed by atoms with E-state index in [4.69, 9.17) is 5.73 Å². The van der Waals surface area contributed by atoms with Gasteiger partial charge in [0, 0.05) is 5.57 Å². The fourth-order valence-corrected chi connectivity index (χ4v) is 3.54. The van der Waals surface area contributed by atoms with Crippen LogP contribution in [0, 0.1) is 0 Å². The zero-order valence-corrected chi connectivity index (χ0v) is 17.8. The van der Waals surface area contributed by atoms with E-state index in [-0.39, 0.29) is 5.91 Å². The molecule has 0 spiro atoms. The van der Waals surface area contributed by atoms with E-state index in [9.17, 15) is 4.79 Å². The van der Waals surface area contributed by atoms with E-state index in [0.29, 0.717) is 5.57 Å². The molecule has 0 bridgehead atoms. The average molecular weight is 366 g/mol. The molecule has 0 rings (SSSR count). The van der Waals surface area contributed by atoms with Gasteiger partial charge in [0.25, 0.3) is 0 Å². The number of hydrogen-bond acceptors (Lipinski definition) is 1. The van der Waals surface area contributed by atoms with Crippen molar-refractivity contribution in [1.29, 1.82) is 0 Å². The first-order valence-corrected chi connectivity index (χ1v) is 11.7. The lowest BCUT2D eigenvalue weighted by Gasteiger charge is -2.04. The minimum Gasteiger partial charge on any atom is -0.366 e. The van der Waals surface area contributed by atoms with Crippen molar-refractivity contribution in [3.63, 3.8) is 0 Å². The lowest BCUT2D eigenvalue weighted by Crippen LogP contribution is -2.12. The van der Waals surface area contributed by atoms with Crippen LogP contribution >= 0.6 is 0 Å². The molecular formula is C24H47NO. The Bertz CT molecular complexity index is 324. The monoisotopic (exact) mass is 365 g/mol. The molecule has 0 saturated carbocycles. The van der Waals surface area contributed by atoms with E-state index < -0.39 is 0 Å². The van der Waals surface area contributed by atoms with Gasteiger partial charge in [-0.1, -0.05) is 129 Å². The second-order valence-corrected chi connectivity index (χ2v) is 8.08. The third-order valence-corrected chi connectivity index (χ3v) is 5.43. The number of rotatable bonds is 21. The highest BCUT2D eigenvalue weighted by Crippen LogP contribution is 2.15. The van der Waals surface area contributed by atoms with Gasteiger partial charge in [-0.05, 0) is 12.8 Å². The maximum absolute atomic E-state index is 10.8. The van der Waals surface area contributed by atoms with Crippen LogP contribution in [0.4, 0.5) is 0 Å². The highest BCUT2D eigenvalue weighted by atomic mass is 16.1. The van der Waals surface area contributed by atoms with Crippen LogP contribution in [0.25, 0.3) is 0 Å². The standard InChI is InChI=1S/C24H47NO/c1-3-4-5-6-7-8-9-10-11-12-13-14-15-16-17-18-19-20-21-22-23(2)24(25)26/h2-22H2,1H3,(H2,25,26). The Labute approximate surface area is 164 Å². The predicted octanol–water partition coefficient (Wildman–Crippen LogP) is 7.85. The van der Waals surface area contributed by atoms with Gasteiger partial charge in [-0.3, -0.25) is 4.79 Å². The quantitative estimate of drug-likeness (QED) is 0.163. The fourth-order valence-electron chi connectivity index (χ4n) is 3.54. The molecule has 0 aromatic heterocycles. The van der Waals surface area contributed by atoms with E-state index in [0.717, 1.165) is 12.8 Å². The first-order chi connectivity index (χ1) is 12.7. The molecule has 0 aliphatic rings. The lowest BCUT2D eigenvalue weighted by atomic mass is 10.0. The van der Waals surface area contributed by atoms with Gasteiger partial charge in [0.15, 0.2) is 0 Å². The van der Waals surface area contributed by atoms with Crippen LogP contribution < -0.4 is 5.73 Å². The summed E-state index contributed by atoms with van der Waals surface area (Å²) in [4.78, 5) is 10.8. The van der Waals surface area contributed by atoms with Gasteiger partial charge < -0.3 is 5.73 Å². The number of primary amides is 1.